The van der Waals surface area contributed by atoms with Crippen LogP contribution in [-0.4, -0.2) is 48.5 Å². The van der Waals surface area contributed by atoms with Crippen molar-refractivity contribution in [1.29, 1.82) is 0 Å². The summed E-state index contributed by atoms with van der Waals surface area (Å²) in [6.07, 6.45) is 5.31. The molecule has 6 heteroatoms. The summed E-state index contributed by atoms with van der Waals surface area (Å²) in [5, 5.41) is 0.902. The fourth-order valence-electron chi connectivity index (χ4n) is 2.62. The molecule has 0 saturated carbocycles. The van der Waals surface area contributed by atoms with E-state index in [1.165, 1.54) is 0 Å². The minimum Gasteiger partial charge on any atom is -0.195 e. The van der Waals surface area contributed by atoms with Crippen LogP contribution in [0.2, 0.25) is 0 Å². The molecule has 0 N–H and O–H groups in total. The molecule has 0 spiro atoms. The first-order chi connectivity index (χ1) is 8.14. The highest BCUT2D eigenvalue weighted by Gasteiger charge is 2.33. The highest BCUT2D eigenvalue weighted by molar-refractivity contribution is 9.09. The van der Waals surface area contributed by atoms with Gasteiger partial charge in [0.25, 0.3) is 10.2 Å². The zero-order valence-corrected chi connectivity index (χ0v) is 12.5. The van der Waals surface area contributed by atoms with Gasteiger partial charge in [-0.15, -0.1) is 0 Å². The Morgan fingerprint density at radius 3 is 2.29 bits per heavy atom. The van der Waals surface area contributed by atoms with Crippen molar-refractivity contribution in [1.82, 2.24) is 8.61 Å². The third-order valence-electron chi connectivity index (χ3n) is 3.67. The van der Waals surface area contributed by atoms with Gasteiger partial charge in [0.05, 0.1) is 0 Å². The molecule has 0 aromatic carbocycles. The van der Waals surface area contributed by atoms with Crippen molar-refractivity contribution in [2.45, 2.75) is 32.1 Å². The summed E-state index contributed by atoms with van der Waals surface area (Å²) in [6.45, 7) is 2.79. The van der Waals surface area contributed by atoms with Gasteiger partial charge in [-0.2, -0.15) is 17.0 Å². The van der Waals surface area contributed by atoms with Gasteiger partial charge in [-0.05, 0) is 31.6 Å². The molecule has 17 heavy (non-hydrogen) atoms. The zero-order valence-electron chi connectivity index (χ0n) is 10.1. The predicted octanol–water partition coefficient (Wildman–Crippen LogP) is 1.82. The van der Waals surface area contributed by atoms with Crippen LogP contribution in [0.15, 0.2) is 0 Å². The number of piperidine rings is 2. The fraction of sp³-hybridized carbons (Fsp3) is 1.00. The molecule has 0 bridgehead atoms. The van der Waals surface area contributed by atoms with E-state index in [0.717, 1.165) is 37.4 Å². The molecule has 0 aromatic rings. The average Bonchev–Trinajstić information content (AvgIpc) is 2.40. The van der Waals surface area contributed by atoms with Crippen LogP contribution in [0.1, 0.15) is 32.1 Å². The first kappa shape index (κ1) is 13.8. The van der Waals surface area contributed by atoms with E-state index >= 15 is 0 Å². The highest BCUT2D eigenvalue weighted by Crippen LogP contribution is 2.24. The molecule has 1 atom stereocenters. The maximum Gasteiger partial charge on any atom is 0.281 e. The minimum absolute atomic E-state index is 0.475. The van der Waals surface area contributed by atoms with Gasteiger partial charge in [0, 0.05) is 31.5 Å². The molecule has 100 valence electrons. The van der Waals surface area contributed by atoms with Gasteiger partial charge >= 0.3 is 0 Å². The summed E-state index contributed by atoms with van der Waals surface area (Å²) in [6, 6.07) is 0. The van der Waals surface area contributed by atoms with E-state index in [4.69, 9.17) is 0 Å². The van der Waals surface area contributed by atoms with E-state index in [1.54, 1.807) is 8.61 Å². The number of hydrogen-bond donors (Lipinski definition) is 0. The predicted molar refractivity (Wildman–Crippen MR) is 72.4 cm³/mol. The standard InChI is InChI=1S/C11H21BrN2O2S/c12-9-11-5-4-8-14(10-11)17(15,16)13-6-2-1-3-7-13/h11H,1-10H2. The molecule has 2 aliphatic rings. The van der Waals surface area contributed by atoms with Crippen LogP contribution in [-0.2, 0) is 10.2 Å². The van der Waals surface area contributed by atoms with Crippen molar-refractivity contribution in [3.63, 3.8) is 0 Å². The van der Waals surface area contributed by atoms with Gasteiger partial charge < -0.3 is 0 Å². The molecule has 0 amide bonds. The maximum absolute atomic E-state index is 12.4. The molecule has 1 unspecified atom stereocenters. The Labute approximate surface area is 113 Å². The molecular formula is C11H21BrN2O2S. The fourth-order valence-corrected chi connectivity index (χ4v) is 4.96. The molecule has 2 heterocycles. The second-order valence-corrected chi connectivity index (χ2v) is 7.56. The number of alkyl halides is 1. The maximum atomic E-state index is 12.4. The second-order valence-electron chi connectivity index (χ2n) is 4.99. The van der Waals surface area contributed by atoms with Crippen LogP contribution in [0.25, 0.3) is 0 Å². The van der Waals surface area contributed by atoms with E-state index in [-0.39, 0.29) is 0 Å². The van der Waals surface area contributed by atoms with Gasteiger partial charge in [-0.1, -0.05) is 22.4 Å². The summed E-state index contributed by atoms with van der Waals surface area (Å²) < 4.78 is 28.2. The largest absolute Gasteiger partial charge is 0.281 e. The lowest BCUT2D eigenvalue weighted by atomic mass is 10.0. The number of halogens is 1. The van der Waals surface area contributed by atoms with E-state index in [0.29, 0.717) is 32.1 Å². The van der Waals surface area contributed by atoms with Crippen LogP contribution in [0.5, 0.6) is 0 Å². The van der Waals surface area contributed by atoms with Gasteiger partial charge in [0.2, 0.25) is 0 Å². The van der Waals surface area contributed by atoms with E-state index in [9.17, 15) is 8.42 Å². The topological polar surface area (TPSA) is 40.6 Å². The monoisotopic (exact) mass is 324 g/mol. The van der Waals surface area contributed by atoms with Crippen molar-refractivity contribution in [3.05, 3.63) is 0 Å². The Morgan fingerprint density at radius 2 is 1.65 bits per heavy atom. The zero-order chi connectivity index (χ0) is 12.3. The molecule has 0 radical (unpaired) electrons. The van der Waals surface area contributed by atoms with Gasteiger partial charge in [-0.25, -0.2) is 0 Å². The quantitative estimate of drug-likeness (QED) is 0.743. The first-order valence-electron chi connectivity index (χ1n) is 6.46. The molecule has 2 aliphatic heterocycles. The summed E-state index contributed by atoms with van der Waals surface area (Å²) in [4.78, 5) is 0. The summed E-state index contributed by atoms with van der Waals surface area (Å²) >= 11 is 3.47. The molecule has 2 saturated heterocycles. The summed E-state index contributed by atoms with van der Waals surface area (Å²) in [5.41, 5.74) is 0. The highest BCUT2D eigenvalue weighted by atomic mass is 79.9. The second kappa shape index (κ2) is 5.99. The lowest BCUT2D eigenvalue weighted by molar-refractivity contribution is 0.250. The Bertz CT molecular complexity index is 341. The number of nitrogens with zero attached hydrogens (tertiary/aromatic N) is 2. The van der Waals surface area contributed by atoms with Gasteiger partial charge in [0.15, 0.2) is 0 Å². The Balaban J connectivity index is 2.03. The van der Waals surface area contributed by atoms with Gasteiger partial charge in [-0.3, -0.25) is 0 Å². The Kier molecular flexibility index (Phi) is 4.86. The minimum atomic E-state index is -3.18. The van der Waals surface area contributed by atoms with Gasteiger partial charge in [0.1, 0.15) is 0 Å². The van der Waals surface area contributed by atoms with Crippen LogP contribution < -0.4 is 0 Å². The Morgan fingerprint density at radius 1 is 1.00 bits per heavy atom. The van der Waals surface area contributed by atoms with Crippen molar-refractivity contribution < 1.29 is 8.42 Å². The lowest BCUT2D eigenvalue weighted by Crippen LogP contribution is -2.49. The number of hydrogen-bond acceptors (Lipinski definition) is 2. The molecule has 2 fully saturated rings. The van der Waals surface area contributed by atoms with Crippen molar-refractivity contribution in [2.24, 2.45) is 5.92 Å². The molecule has 0 aromatic heterocycles. The third-order valence-corrected chi connectivity index (χ3v) is 6.59. The molecular weight excluding hydrogens is 304 g/mol. The summed E-state index contributed by atoms with van der Waals surface area (Å²) in [7, 11) is -3.18. The number of rotatable bonds is 3. The molecule has 4 nitrogen and oxygen atoms in total. The van der Waals surface area contributed by atoms with Crippen molar-refractivity contribution in [2.75, 3.05) is 31.5 Å². The van der Waals surface area contributed by atoms with E-state index in [2.05, 4.69) is 15.9 Å². The Hall–Kier alpha value is 0.350. The smallest absolute Gasteiger partial charge is 0.195 e. The lowest BCUT2D eigenvalue weighted by Gasteiger charge is -2.36. The van der Waals surface area contributed by atoms with Crippen LogP contribution in [0.3, 0.4) is 0 Å². The average molecular weight is 325 g/mol. The SMILES string of the molecule is O=S(=O)(N1CCCCC1)N1CCCC(CBr)C1. The van der Waals surface area contributed by atoms with Crippen LogP contribution in [0, 0.1) is 5.92 Å². The van der Waals surface area contributed by atoms with Crippen LogP contribution >= 0.6 is 15.9 Å². The van der Waals surface area contributed by atoms with E-state index < -0.39 is 10.2 Å². The normalized spacial score (nSPS) is 29.4. The molecule has 0 aliphatic carbocycles. The molecule has 2 rings (SSSR count). The first-order valence-corrected chi connectivity index (χ1v) is 8.97. The van der Waals surface area contributed by atoms with Crippen molar-refractivity contribution >= 4 is 26.1 Å². The summed E-state index contributed by atoms with van der Waals surface area (Å²) in [5.74, 6) is 0.475. The van der Waals surface area contributed by atoms with Crippen LogP contribution in [0.4, 0.5) is 0 Å². The van der Waals surface area contributed by atoms with Crippen molar-refractivity contribution in [3.8, 4) is 0 Å². The van der Waals surface area contributed by atoms with E-state index in [1.807, 2.05) is 0 Å². The third kappa shape index (κ3) is 3.22.